The molecule has 0 radical (unpaired) electrons. The molecule has 3 heteroatoms. The summed E-state index contributed by atoms with van der Waals surface area (Å²) < 4.78 is 0. The topological polar surface area (TPSA) is 18.5 Å². The van der Waals surface area contributed by atoms with Crippen molar-refractivity contribution in [2.45, 2.75) is 106 Å². The van der Waals surface area contributed by atoms with E-state index >= 15 is 0 Å². The first-order valence-electron chi connectivity index (χ1n) is 19.6. The average molecular weight is 660 g/mol. The third-order valence-corrected chi connectivity index (χ3v) is 11.5. The van der Waals surface area contributed by atoms with Crippen molar-refractivity contribution in [3.05, 3.63) is 102 Å². The normalized spacial score (nSPS) is 17.4. The summed E-state index contributed by atoms with van der Waals surface area (Å²) in [6.07, 6.45) is 6.52. The standard InChI is InChI=1S/C46H65N3/c1-10-48(11-2)38-26-20-35(21-27-38)45(36-22-28-39(29-23-36)49(12-3)13-4)42-30-31-44(41-17-15-14-16-40(41)42)47-37-24-18-34(19-25-37)43(32-33(5)6)46(7,8)9/h14-17,20-23,26-31,33-34,37,43,45,47H,10-13,18-19,24-25,32H2,1-9H3. The monoisotopic (exact) mass is 660 g/mol. The molecule has 4 aromatic rings. The second-order valence-electron chi connectivity index (χ2n) is 16.1. The molecular formula is C46H65N3. The van der Waals surface area contributed by atoms with Gasteiger partial charge in [-0.05, 0) is 135 Å². The van der Waals surface area contributed by atoms with Crippen LogP contribution in [0.3, 0.4) is 0 Å². The number of hydrogen-bond acceptors (Lipinski definition) is 3. The number of nitrogens with one attached hydrogen (secondary N) is 1. The van der Waals surface area contributed by atoms with Crippen LogP contribution in [0.2, 0.25) is 0 Å². The largest absolute Gasteiger partial charge is 0.382 e. The zero-order valence-corrected chi connectivity index (χ0v) is 32.2. The van der Waals surface area contributed by atoms with E-state index in [0.717, 1.165) is 43.9 Å². The molecule has 0 saturated heterocycles. The minimum atomic E-state index is 0.140. The summed E-state index contributed by atoms with van der Waals surface area (Å²) in [5.74, 6) is 2.53. The molecule has 264 valence electrons. The van der Waals surface area contributed by atoms with Crippen molar-refractivity contribution in [1.29, 1.82) is 0 Å². The van der Waals surface area contributed by atoms with E-state index in [9.17, 15) is 0 Å². The van der Waals surface area contributed by atoms with Crippen LogP contribution >= 0.6 is 0 Å². The summed E-state index contributed by atoms with van der Waals surface area (Å²) in [4.78, 5) is 4.85. The molecule has 1 aliphatic rings. The number of nitrogens with zero attached hydrogens (tertiary/aromatic N) is 2. The lowest BCUT2D eigenvalue weighted by molar-refractivity contribution is 0.0994. The lowest BCUT2D eigenvalue weighted by Gasteiger charge is -2.42. The molecule has 49 heavy (non-hydrogen) atoms. The quantitative estimate of drug-likeness (QED) is 0.136. The third kappa shape index (κ3) is 8.65. The summed E-state index contributed by atoms with van der Waals surface area (Å²) in [5.41, 5.74) is 8.29. The van der Waals surface area contributed by atoms with E-state index in [0.29, 0.717) is 11.5 Å². The van der Waals surface area contributed by atoms with E-state index in [1.54, 1.807) is 0 Å². The van der Waals surface area contributed by atoms with Crippen molar-refractivity contribution in [2.24, 2.45) is 23.2 Å². The molecule has 5 rings (SSSR count). The molecule has 1 atom stereocenters. The predicted molar refractivity (Wildman–Crippen MR) is 217 cm³/mol. The second kappa shape index (κ2) is 16.5. The van der Waals surface area contributed by atoms with Gasteiger partial charge in [-0.3, -0.25) is 0 Å². The van der Waals surface area contributed by atoms with Crippen molar-refractivity contribution in [3.8, 4) is 0 Å². The first-order chi connectivity index (χ1) is 23.6. The van der Waals surface area contributed by atoms with E-state index in [1.165, 1.54) is 76.6 Å². The van der Waals surface area contributed by atoms with Crippen molar-refractivity contribution in [3.63, 3.8) is 0 Å². The predicted octanol–water partition coefficient (Wildman–Crippen LogP) is 12.4. The van der Waals surface area contributed by atoms with Gasteiger partial charge >= 0.3 is 0 Å². The molecule has 1 aliphatic carbocycles. The van der Waals surface area contributed by atoms with Crippen molar-refractivity contribution in [2.75, 3.05) is 41.3 Å². The summed E-state index contributed by atoms with van der Waals surface area (Å²) in [7, 11) is 0. The van der Waals surface area contributed by atoms with Crippen LogP contribution in [-0.2, 0) is 0 Å². The van der Waals surface area contributed by atoms with E-state index in [1.807, 2.05) is 0 Å². The van der Waals surface area contributed by atoms with Gasteiger partial charge < -0.3 is 15.1 Å². The Labute approximate surface area is 299 Å². The van der Waals surface area contributed by atoms with Crippen LogP contribution in [0.4, 0.5) is 17.1 Å². The van der Waals surface area contributed by atoms with Crippen LogP contribution in [0.1, 0.15) is 117 Å². The van der Waals surface area contributed by atoms with Crippen LogP contribution in [0.15, 0.2) is 84.9 Å². The molecule has 3 nitrogen and oxygen atoms in total. The Bertz CT molecular complexity index is 1530. The maximum atomic E-state index is 4.06. The van der Waals surface area contributed by atoms with E-state index in [2.05, 4.69) is 162 Å². The van der Waals surface area contributed by atoms with Gasteiger partial charge in [0.1, 0.15) is 0 Å². The average Bonchev–Trinajstić information content (AvgIpc) is 3.10. The fourth-order valence-corrected chi connectivity index (χ4v) is 8.83. The molecule has 0 aromatic heterocycles. The van der Waals surface area contributed by atoms with Crippen LogP contribution in [0.25, 0.3) is 10.8 Å². The highest BCUT2D eigenvalue weighted by Crippen LogP contribution is 2.44. The minimum Gasteiger partial charge on any atom is -0.382 e. The maximum Gasteiger partial charge on any atom is 0.0422 e. The van der Waals surface area contributed by atoms with Gasteiger partial charge in [0.2, 0.25) is 0 Å². The van der Waals surface area contributed by atoms with Gasteiger partial charge in [-0.1, -0.05) is 89.2 Å². The molecule has 1 saturated carbocycles. The Morgan fingerprint density at radius 3 is 1.57 bits per heavy atom. The van der Waals surface area contributed by atoms with Crippen LogP contribution in [0.5, 0.6) is 0 Å². The van der Waals surface area contributed by atoms with E-state index in [-0.39, 0.29) is 5.92 Å². The van der Waals surface area contributed by atoms with Crippen molar-refractivity contribution in [1.82, 2.24) is 0 Å². The minimum absolute atomic E-state index is 0.140. The lowest BCUT2D eigenvalue weighted by Crippen LogP contribution is -2.35. The van der Waals surface area contributed by atoms with Gasteiger partial charge in [-0.25, -0.2) is 0 Å². The maximum absolute atomic E-state index is 4.06. The summed E-state index contributed by atoms with van der Waals surface area (Å²) in [6.45, 7) is 25.2. The van der Waals surface area contributed by atoms with Crippen LogP contribution in [0, 0.1) is 23.2 Å². The van der Waals surface area contributed by atoms with Gasteiger partial charge in [-0.2, -0.15) is 0 Å². The Kier molecular flexibility index (Phi) is 12.4. The third-order valence-electron chi connectivity index (χ3n) is 11.5. The van der Waals surface area contributed by atoms with E-state index in [4.69, 9.17) is 0 Å². The fourth-order valence-electron chi connectivity index (χ4n) is 8.83. The number of fused-ring (bicyclic) bond motifs is 1. The first kappa shape index (κ1) is 36.8. The molecular weight excluding hydrogens is 595 g/mol. The highest BCUT2D eigenvalue weighted by molar-refractivity contribution is 5.97. The second-order valence-corrected chi connectivity index (χ2v) is 16.1. The Morgan fingerprint density at radius 2 is 1.12 bits per heavy atom. The molecule has 0 amide bonds. The Hall–Kier alpha value is -3.46. The van der Waals surface area contributed by atoms with Crippen molar-refractivity contribution < 1.29 is 0 Å². The Morgan fingerprint density at radius 1 is 0.633 bits per heavy atom. The molecule has 0 aliphatic heterocycles. The summed E-state index contributed by atoms with van der Waals surface area (Å²) in [5, 5.41) is 6.74. The molecule has 1 unspecified atom stereocenters. The molecule has 1 fully saturated rings. The van der Waals surface area contributed by atoms with Gasteiger partial charge in [0, 0.05) is 60.6 Å². The molecule has 0 heterocycles. The highest BCUT2D eigenvalue weighted by Gasteiger charge is 2.35. The zero-order valence-electron chi connectivity index (χ0n) is 32.2. The van der Waals surface area contributed by atoms with Gasteiger partial charge in [-0.15, -0.1) is 0 Å². The van der Waals surface area contributed by atoms with Gasteiger partial charge in [0.15, 0.2) is 0 Å². The van der Waals surface area contributed by atoms with Crippen molar-refractivity contribution >= 4 is 27.8 Å². The SMILES string of the molecule is CCN(CC)c1ccc(C(c2ccc(N(CC)CC)cc2)c2ccc(NC3CCC(C(CC(C)C)C(C)(C)C)CC3)c3ccccc23)cc1. The van der Waals surface area contributed by atoms with Gasteiger partial charge in [0.25, 0.3) is 0 Å². The van der Waals surface area contributed by atoms with Crippen LogP contribution < -0.4 is 15.1 Å². The first-order valence-corrected chi connectivity index (χ1v) is 19.6. The Balaban J connectivity index is 1.47. The lowest BCUT2D eigenvalue weighted by atomic mass is 9.65. The summed E-state index contributed by atoms with van der Waals surface area (Å²) in [6, 6.07) is 33.1. The number of rotatable bonds is 14. The molecule has 4 aromatic carbocycles. The molecule has 0 spiro atoms. The number of benzene rings is 4. The molecule has 0 bridgehead atoms. The van der Waals surface area contributed by atoms with Crippen LogP contribution in [-0.4, -0.2) is 32.2 Å². The smallest absolute Gasteiger partial charge is 0.0422 e. The zero-order chi connectivity index (χ0) is 35.1. The van der Waals surface area contributed by atoms with E-state index < -0.39 is 0 Å². The van der Waals surface area contributed by atoms with Gasteiger partial charge in [0.05, 0.1) is 0 Å². The number of hydrogen-bond donors (Lipinski definition) is 1. The fraction of sp³-hybridized carbons (Fsp3) is 0.522. The summed E-state index contributed by atoms with van der Waals surface area (Å²) >= 11 is 0. The number of anilines is 3. The molecule has 1 N–H and O–H groups in total. The highest BCUT2D eigenvalue weighted by atomic mass is 15.1.